The van der Waals surface area contributed by atoms with Crippen LogP contribution in [0.25, 0.3) is 0 Å². The molecule has 2 N–H and O–H groups in total. The van der Waals surface area contributed by atoms with E-state index < -0.39 is 6.10 Å². The Balaban J connectivity index is 1.82. The van der Waals surface area contributed by atoms with Gasteiger partial charge in [0, 0.05) is 39.0 Å². The molecule has 7 nitrogen and oxygen atoms in total. The zero-order valence-corrected chi connectivity index (χ0v) is 14.5. The predicted molar refractivity (Wildman–Crippen MR) is 85.8 cm³/mol. The third kappa shape index (κ3) is 4.75. The molecule has 1 aromatic rings. The number of aliphatic hydroxyl groups is 1. The number of aromatic nitrogens is 3. The Morgan fingerprint density at radius 1 is 1.52 bits per heavy atom. The van der Waals surface area contributed by atoms with E-state index in [1.54, 1.807) is 13.4 Å². The van der Waals surface area contributed by atoms with Gasteiger partial charge in [-0.2, -0.15) is 0 Å². The Labute approximate surface area is 137 Å². The van der Waals surface area contributed by atoms with Crippen molar-refractivity contribution in [1.29, 1.82) is 0 Å². The molecule has 0 radical (unpaired) electrons. The Morgan fingerprint density at radius 3 is 2.87 bits per heavy atom. The fourth-order valence-corrected chi connectivity index (χ4v) is 3.38. The van der Waals surface area contributed by atoms with E-state index in [4.69, 9.17) is 4.74 Å². The molecule has 1 aliphatic carbocycles. The number of carbonyl (C=O) groups is 1. The molecule has 0 unspecified atom stereocenters. The summed E-state index contributed by atoms with van der Waals surface area (Å²) in [4.78, 5) is 12.1. The van der Waals surface area contributed by atoms with Gasteiger partial charge in [-0.3, -0.25) is 4.79 Å². The van der Waals surface area contributed by atoms with Gasteiger partial charge in [0.05, 0.1) is 12.7 Å². The van der Waals surface area contributed by atoms with Crippen LogP contribution in [-0.2, 0) is 16.6 Å². The van der Waals surface area contributed by atoms with Gasteiger partial charge in [0.15, 0.2) is 0 Å². The molecule has 23 heavy (non-hydrogen) atoms. The molecule has 1 saturated carbocycles. The lowest BCUT2D eigenvalue weighted by molar-refractivity contribution is -0.124. The van der Waals surface area contributed by atoms with E-state index in [1.807, 2.05) is 25.5 Å². The number of nitrogens with zero attached hydrogens (tertiary/aromatic N) is 3. The minimum atomic E-state index is -0.413. The predicted octanol–water partition coefficient (Wildman–Crippen LogP) is 0.849. The highest BCUT2D eigenvalue weighted by Crippen LogP contribution is 2.37. The van der Waals surface area contributed by atoms with E-state index >= 15 is 0 Å². The summed E-state index contributed by atoms with van der Waals surface area (Å²) in [6.07, 6.45) is 3.16. The molecule has 2 rings (SSSR count). The van der Waals surface area contributed by atoms with Gasteiger partial charge in [-0.1, -0.05) is 13.8 Å². The lowest BCUT2D eigenvalue weighted by Gasteiger charge is -2.23. The number of amides is 1. The highest BCUT2D eigenvalue weighted by molar-refractivity contribution is 5.76. The largest absolute Gasteiger partial charge is 0.393 e. The minimum Gasteiger partial charge on any atom is -0.393 e. The van der Waals surface area contributed by atoms with Crippen LogP contribution in [0.2, 0.25) is 0 Å². The molecule has 0 aliphatic heterocycles. The van der Waals surface area contributed by atoms with E-state index in [1.165, 1.54) is 0 Å². The van der Waals surface area contributed by atoms with Crippen LogP contribution in [0.3, 0.4) is 0 Å². The summed E-state index contributed by atoms with van der Waals surface area (Å²) in [5, 5.41) is 21.2. The summed E-state index contributed by atoms with van der Waals surface area (Å²) in [5.41, 5.74) is -0.186. The van der Waals surface area contributed by atoms with Crippen LogP contribution in [0.15, 0.2) is 6.33 Å². The number of methoxy groups -OCH3 is 1. The molecule has 0 bridgehead atoms. The Morgan fingerprint density at radius 2 is 2.26 bits per heavy atom. The van der Waals surface area contributed by atoms with Gasteiger partial charge in [0.1, 0.15) is 12.2 Å². The first kappa shape index (κ1) is 17.9. The van der Waals surface area contributed by atoms with Crippen LogP contribution >= 0.6 is 0 Å². The SMILES string of the molecule is COCC(C)(C)CC(=O)NC[C@H]1C[C@H](c2nncn2C)C[C@H]1O. The maximum atomic E-state index is 12.1. The number of carbonyl (C=O) groups excluding carboxylic acids is 1. The molecule has 0 spiro atoms. The van der Waals surface area contributed by atoms with Gasteiger partial charge in [0.25, 0.3) is 0 Å². The monoisotopic (exact) mass is 324 g/mol. The standard InChI is InChI=1S/C16H28N4O3/c1-16(2,9-23-4)7-14(22)17-8-12-5-11(6-13(12)21)15-19-18-10-20(15)3/h10-13,21H,5-9H2,1-4H3,(H,17,22)/t11-,12+,13+/m0/s1. The van der Waals surface area contributed by atoms with Gasteiger partial charge in [-0.25, -0.2) is 0 Å². The minimum absolute atomic E-state index is 0.00126. The first-order chi connectivity index (χ1) is 10.8. The van der Waals surface area contributed by atoms with Gasteiger partial charge in [-0.05, 0) is 18.3 Å². The van der Waals surface area contributed by atoms with E-state index in [0.29, 0.717) is 26.0 Å². The fraction of sp³-hybridized carbons (Fsp3) is 0.812. The summed E-state index contributed by atoms with van der Waals surface area (Å²) in [5.74, 6) is 1.16. The molecule has 3 atom stereocenters. The lowest BCUT2D eigenvalue weighted by Crippen LogP contribution is -2.35. The zero-order chi connectivity index (χ0) is 17.0. The number of hydrogen-bond acceptors (Lipinski definition) is 5. The van der Waals surface area contributed by atoms with Crippen LogP contribution < -0.4 is 5.32 Å². The van der Waals surface area contributed by atoms with Crippen LogP contribution in [0.5, 0.6) is 0 Å². The number of aryl methyl sites for hydroxylation is 1. The molecular formula is C16H28N4O3. The second kappa shape index (κ2) is 7.40. The van der Waals surface area contributed by atoms with Crippen molar-refractivity contribution in [3.63, 3.8) is 0 Å². The maximum absolute atomic E-state index is 12.1. The van der Waals surface area contributed by atoms with Crippen LogP contribution in [0, 0.1) is 11.3 Å². The third-order valence-electron chi connectivity index (χ3n) is 4.50. The average Bonchev–Trinajstić information content (AvgIpc) is 3.01. The van der Waals surface area contributed by atoms with E-state index in [0.717, 1.165) is 12.2 Å². The van der Waals surface area contributed by atoms with Gasteiger partial charge in [0.2, 0.25) is 5.91 Å². The first-order valence-electron chi connectivity index (χ1n) is 8.10. The summed E-state index contributed by atoms with van der Waals surface area (Å²) in [6, 6.07) is 0. The van der Waals surface area contributed by atoms with Crippen molar-refractivity contribution in [2.24, 2.45) is 18.4 Å². The van der Waals surface area contributed by atoms with Crippen molar-refractivity contribution in [1.82, 2.24) is 20.1 Å². The van der Waals surface area contributed by atoms with E-state index in [-0.39, 0.29) is 23.2 Å². The average molecular weight is 324 g/mol. The van der Waals surface area contributed by atoms with Crippen molar-refractivity contribution >= 4 is 5.91 Å². The summed E-state index contributed by atoms with van der Waals surface area (Å²) >= 11 is 0. The zero-order valence-electron chi connectivity index (χ0n) is 14.5. The second-order valence-corrected chi connectivity index (χ2v) is 7.37. The van der Waals surface area contributed by atoms with Crippen molar-refractivity contribution in [2.45, 2.75) is 45.1 Å². The number of ether oxygens (including phenoxy) is 1. The molecule has 7 heteroatoms. The van der Waals surface area contributed by atoms with E-state index in [9.17, 15) is 9.90 Å². The summed E-state index contributed by atoms with van der Waals surface area (Å²) in [7, 11) is 3.55. The number of aliphatic hydroxyl groups excluding tert-OH is 1. The van der Waals surface area contributed by atoms with Crippen molar-refractivity contribution in [3.05, 3.63) is 12.2 Å². The smallest absolute Gasteiger partial charge is 0.220 e. The molecule has 1 heterocycles. The molecule has 1 aromatic heterocycles. The van der Waals surface area contributed by atoms with Crippen LogP contribution in [-0.4, -0.2) is 52.1 Å². The Hall–Kier alpha value is -1.47. The Bertz CT molecular complexity index is 529. The normalized spacial score (nSPS) is 24.8. The fourth-order valence-electron chi connectivity index (χ4n) is 3.38. The lowest BCUT2D eigenvalue weighted by atomic mass is 9.90. The highest BCUT2D eigenvalue weighted by atomic mass is 16.5. The van der Waals surface area contributed by atoms with Crippen LogP contribution in [0.4, 0.5) is 0 Å². The Kier molecular flexibility index (Phi) is 5.75. The maximum Gasteiger partial charge on any atom is 0.220 e. The molecular weight excluding hydrogens is 296 g/mol. The van der Waals surface area contributed by atoms with Gasteiger partial charge < -0.3 is 19.7 Å². The highest BCUT2D eigenvalue weighted by Gasteiger charge is 2.36. The van der Waals surface area contributed by atoms with Crippen LogP contribution in [0.1, 0.15) is 44.9 Å². The molecule has 0 aromatic carbocycles. The third-order valence-corrected chi connectivity index (χ3v) is 4.50. The topological polar surface area (TPSA) is 89.3 Å². The number of hydrogen-bond donors (Lipinski definition) is 2. The molecule has 130 valence electrons. The van der Waals surface area contributed by atoms with Crippen molar-refractivity contribution < 1.29 is 14.6 Å². The molecule has 0 saturated heterocycles. The molecule has 1 amide bonds. The molecule has 1 fully saturated rings. The second-order valence-electron chi connectivity index (χ2n) is 7.37. The molecule has 1 aliphatic rings. The van der Waals surface area contributed by atoms with E-state index in [2.05, 4.69) is 15.5 Å². The summed E-state index contributed by atoms with van der Waals surface area (Å²) in [6.45, 7) is 5.05. The van der Waals surface area contributed by atoms with Crippen molar-refractivity contribution in [2.75, 3.05) is 20.3 Å². The van der Waals surface area contributed by atoms with Crippen molar-refractivity contribution in [3.8, 4) is 0 Å². The first-order valence-corrected chi connectivity index (χ1v) is 8.10. The van der Waals surface area contributed by atoms with Gasteiger partial charge >= 0.3 is 0 Å². The number of nitrogens with one attached hydrogen (secondary N) is 1. The van der Waals surface area contributed by atoms with Gasteiger partial charge in [-0.15, -0.1) is 10.2 Å². The quantitative estimate of drug-likeness (QED) is 0.776. The number of rotatable bonds is 7. The summed E-state index contributed by atoms with van der Waals surface area (Å²) < 4.78 is 7.03.